The fourth-order valence-electron chi connectivity index (χ4n) is 1.43. The van der Waals surface area contributed by atoms with Crippen LogP contribution in [0.1, 0.15) is 17.1 Å². The molecule has 0 aliphatic rings. The number of nitrogens with one attached hydrogen (secondary N) is 1. The lowest BCUT2D eigenvalue weighted by atomic mass is 10.3. The third kappa shape index (κ3) is 2.49. The predicted octanol–water partition coefficient (Wildman–Crippen LogP) is 1.17. The second-order valence-corrected chi connectivity index (χ2v) is 3.50. The van der Waals surface area contributed by atoms with Gasteiger partial charge < -0.3 is 9.73 Å². The lowest BCUT2D eigenvalue weighted by Crippen LogP contribution is -2.11. The van der Waals surface area contributed by atoms with Crippen LogP contribution in [0.3, 0.4) is 0 Å². The second-order valence-electron chi connectivity index (χ2n) is 3.50. The molecule has 0 unspecified atom stereocenters. The van der Waals surface area contributed by atoms with Crippen LogP contribution in [-0.2, 0) is 20.1 Å². The number of rotatable bonds is 4. The maximum absolute atomic E-state index is 8.58. The van der Waals surface area contributed by atoms with Gasteiger partial charge in [0.2, 0.25) is 5.76 Å². The van der Waals surface area contributed by atoms with Crippen LogP contribution in [0.5, 0.6) is 0 Å². The highest BCUT2D eigenvalue weighted by Crippen LogP contribution is 2.06. The van der Waals surface area contributed by atoms with Gasteiger partial charge in [-0.25, -0.2) is 0 Å². The SMILES string of the molecule is Cn1cc(CNCc2ccc(C#N)o2)cn1. The standard InChI is InChI=1S/C11H12N4O/c1-15-8-9(6-14-15)5-13-7-11-3-2-10(4-12)16-11/h2-3,6,8,13H,5,7H2,1H3. The maximum Gasteiger partial charge on any atom is 0.203 e. The minimum Gasteiger partial charge on any atom is -0.449 e. The van der Waals surface area contributed by atoms with E-state index in [0.717, 1.165) is 17.9 Å². The molecule has 0 aliphatic heterocycles. The van der Waals surface area contributed by atoms with Crippen molar-refractivity contribution in [2.24, 2.45) is 7.05 Å². The number of aryl methyl sites for hydroxylation is 1. The van der Waals surface area contributed by atoms with Crippen molar-refractivity contribution in [3.8, 4) is 6.07 Å². The largest absolute Gasteiger partial charge is 0.449 e. The number of hydrogen-bond acceptors (Lipinski definition) is 4. The molecule has 0 saturated heterocycles. The predicted molar refractivity (Wildman–Crippen MR) is 57.2 cm³/mol. The zero-order valence-electron chi connectivity index (χ0n) is 8.97. The highest BCUT2D eigenvalue weighted by atomic mass is 16.3. The van der Waals surface area contributed by atoms with Crippen LogP contribution in [0, 0.1) is 11.3 Å². The lowest BCUT2D eigenvalue weighted by Gasteiger charge is -1.99. The average molecular weight is 216 g/mol. The number of aromatic nitrogens is 2. The van der Waals surface area contributed by atoms with Crippen LogP contribution in [-0.4, -0.2) is 9.78 Å². The van der Waals surface area contributed by atoms with Crippen LogP contribution in [0.15, 0.2) is 28.9 Å². The summed E-state index contributed by atoms with van der Waals surface area (Å²) in [5, 5.41) is 15.9. The van der Waals surface area contributed by atoms with Crippen LogP contribution < -0.4 is 5.32 Å². The molecular formula is C11H12N4O. The summed E-state index contributed by atoms with van der Waals surface area (Å²) in [5.74, 6) is 1.11. The van der Waals surface area contributed by atoms with Gasteiger partial charge in [-0.15, -0.1) is 0 Å². The molecule has 0 bridgehead atoms. The van der Waals surface area contributed by atoms with Crippen LogP contribution >= 0.6 is 0 Å². The summed E-state index contributed by atoms with van der Waals surface area (Å²) >= 11 is 0. The molecule has 0 saturated carbocycles. The van der Waals surface area contributed by atoms with E-state index in [-0.39, 0.29) is 0 Å². The molecule has 0 spiro atoms. The molecule has 2 heterocycles. The van der Waals surface area contributed by atoms with Gasteiger partial charge in [-0.05, 0) is 12.1 Å². The molecule has 0 aliphatic carbocycles. The van der Waals surface area contributed by atoms with Crippen molar-refractivity contribution < 1.29 is 4.42 Å². The maximum atomic E-state index is 8.58. The van der Waals surface area contributed by atoms with E-state index >= 15 is 0 Å². The first-order valence-corrected chi connectivity index (χ1v) is 4.95. The van der Waals surface area contributed by atoms with Crippen molar-refractivity contribution in [2.75, 3.05) is 0 Å². The zero-order chi connectivity index (χ0) is 11.4. The third-order valence-electron chi connectivity index (χ3n) is 2.16. The Bertz CT molecular complexity index is 506. The highest BCUT2D eigenvalue weighted by Gasteiger charge is 2.01. The Kier molecular flexibility index (Phi) is 3.03. The summed E-state index contributed by atoms with van der Waals surface area (Å²) in [6.45, 7) is 1.34. The number of nitrogens with zero attached hydrogens (tertiary/aromatic N) is 3. The molecule has 2 aromatic rings. The van der Waals surface area contributed by atoms with Crippen molar-refractivity contribution in [2.45, 2.75) is 13.1 Å². The van der Waals surface area contributed by atoms with E-state index in [9.17, 15) is 0 Å². The fourth-order valence-corrected chi connectivity index (χ4v) is 1.43. The van der Waals surface area contributed by atoms with Crippen molar-refractivity contribution in [1.82, 2.24) is 15.1 Å². The third-order valence-corrected chi connectivity index (χ3v) is 2.16. The van der Waals surface area contributed by atoms with Crippen LogP contribution in [0.4, 0.5) is 0 Å². The van der Waals surface area contributed by atoms with E-state index in [1.54, 1.807) is 16.8 Å². The quantitative estimate of drug-likeness (QED) is 0.833. The molecular weight excluding hydrogens is 204 g/mol. The first-order valence-electron chi connectivity index (χ1n) is 4.95. The zero-order valence-corrected chi connectivity index (χ0v) is 8.97. The smallest absolute Gasteiger partial charge is 0.203 e. The van der Waals surface area contributed by atoms with E-state index in [4.69, 9.17) is 9.68 Å². The first-order chi connectivity index (χ1) is 7.78. The van der Waals surface area contributed by atoms with Crippen molar-refractivity contribution in [3.63, 3.8) is 0 Å². The summed E-state index contributed by atoms with van der Waals surface area (Å²) in [5.41, 5.74) is 1.12. The first kappa shape index (κ1) is 10.5. The van der Waals surface area contributed by atoms with E-state index in [0.29, 0.717) is 12.3 Å². The normalized spacial score (nSPS) is 10.2. The molecule has 0 radical (unpaired) electrons. The Morgan fingerprint density at radius 1 is 1.50 bits per heavy atom. The molecule has 1 N–H and O–H groups in total. The molecule has 82 valence electrons. The topological polar surface area (TPSA) is 66.8 Å². The lowest BCUT2D eigenvalue weighted by molar-refractivity contribution is 0.474. The Balaban J connectivity index is 1.82. The van der Waals surface area contributed by atoms with E-state index in [2.05, 4.69) is 10.4 Å². The molecule has 5 heteroatoms. The Labute approximate surface area is 93.3 Å². The van der Waals surface area contributed by atoms with Gasteiger partial charge in [-0.2, -0.15) is 10.4 Å². The number of nitriles is 1. The van der Waals surface area contributed by atoms with Gasteiger partial charge in [0.1, 0.15) is 11.8 Å². The minimum absolute atomic E-state index is 0.346. The van der Waals surface area contributed by atoms with Gasteiger partial charge in [0.05, 0.1) is 12.7 Å². The summed E-state index contributed by atoms with van der Waals surface area (Å²) < 4.78 is 6.99. The molecule has 16 heavy (non-hydrogen) atoms. The molecule has 0 aromatic carbocycles. The molecule has 5 nitrogen and oxygen atoms in total. The van der Waals surface area contributed by atoms with E-state index in [1.807, 2.05) is 25.5 Å². The Hall–Kier alpha value is -2.06. The monoisotopic (exact) mass is 216 g/mol. The van der Waals surface area contributed by atoms with Gasteiger partial charge in [0, 0.05) is 25.4 Å². The Morgan fingerprint density at radius 2 is 2.38 bits per heavy atom. The van der Waals surface area contributed by atoms with Crippen molar-refractivity contribution in [3.05, 3.63) is 41.6 Å². The molecule has 2 aromatic heterocycles. The number of furan rings is 1. The summed E-state index contributed by atoms with van der Waals surface area (Å²) in [6, 6.07) is 5.42. The van der Waals surface area contributed by atoms with Crippen molar-refractivity contribution in [1.29, 1.82) is 5.26 Å². The van der Waals surface area contributed by atoms with E-state index in [1.165, 1.54) is 0 Å². The second kappa shape index (κ2) is 4.64. The molecule has 0 amide bonds. The summed E-state index contributed by atoms with van der Waals surface area (Å²) in [4.78, 5) is 0. The van der Waals surface area contributed by atoms with E-state index < -0.39 is 0 Å². The van der Waals surface area contributed by atoms with Crippen LogP contribution in [0.2, 0.25) is 0 Å². The van der Waals surface area contributed by atoms with Crippen molar-refractivity contribution >= 4 is 0 Å². The van der Waals surface area contributed by atoms with Gasteiger partial charge >= 0.3 is 0 Å². The fraction of sp³-hybridized carbons (Fsp3) is 0.273. The van der Waals surface area contributed by atoms with Gasteiger partial charge in [-0.3, -0.25) is 4.68 Å². The van der Waals surface area contributed by atoms with Gasteiger partial charge in [0.25, 0.3) is 0 Å². The highest BCUT2D eigenvalue weighted by molar-refractivity contribution is 5.19. The molecule has 2 rings (SSSR count). The van der Waals surface area contributed by atoms with Crippen LogP contribution in [0.25, 0.3) is 0 Å². The van der Waals surface area contributed by atoms with Gasteiger partial charge in [0.15, 0.2) is 0 Å². The number of hydrogen-bond donors (Lipinski definition) is 1. The molecule has 0 atom stereocenters. The average Bonchev–Trinajstić information content (AvgIpc) is 2.88. The minimum atomic E-state index is 0.346. The summed E-state index contributed by atoms with van der Waals surface area (Å²) in [6.07, 6.45) is 3.77. The summed E-state index contributed by atoms with van der Waals surface area (Å²) in [7, 11) is 1.88. The Morgan fingerprint density at radius 3 is 3.00 bits per heavy atom. The molecule has 0 fully saturated rings. The van der Waals surface area contributed by atoms with Gasteiger partial charge in [-0.1, -0.05) is 0 Å².